The van der Waals surface area contributed by atoms with Crippen molar-refractivity contribution in [2.24, 2.45) is 5.41 Å². The predicted octanol–water partition coefficient (Wildman–Crippen LogP) is 2.48. The summed E-state index contributed by atoms with van der Waals surface area (Å²) in [5.74, 6) is 5.42. The molecule has 0 heterocycles. The molecule has 0 unspecified atom stereocenters. The molecule has 0 fully saturated rings. The molecule has 0 N–H and O–H groups in total. The Labute approximate surface area is 97.2 Å². The van der Waals surface area contributed by atoms with Crippen LogP contribution in [0.15, 0.2) is 0 Å². The Morgan fingerprint density at radius 1 is 1.31 bits per heavy atom. The summed E-state index contributed by atoms with van der Waals surface area (Å²) in [4.78, 5) is 11.9. The zero-order valence-electron chi connectivity index (χ0n) is 10.5. The zero-order chi connectivity index (χ0) is 12.8. The van der Waals surface area contributed by atoms with Gasteiger partial charge in [-0.3, -0.25) is 9.36 Å². The van der Waals surface area contributed by atoms with Gasteiger partial charge >= 0.3 is 7.60 Å². The number of carbonyl (C=O) groups is 1. The molecule has 92 valence electrons. The lowest BCUT2D eigenvalue weighted by atomic mass is 9.85. The van der Waals surface area contributed by atoms with Crippen molar-refractivity contribution in [1.29, 1.82) is 0 Å². The number of hydrogen-bond donors (Lipinski definition) is 0. The molecule has 4 nitrogen and oxygen atoms in total. The second-order valence-electron chi connectivity index (χ2n) is 4.04. The van der Waals surface area contributed by atoms with Crippen LogP contribution in [-0.4, -0.2) is 26.2 Å². The topological polar surface area (TPSA) is 52.6 Å². The van der Waals surface area contributed by atoms with E-state index in [1.54, 1.807) is 20.8 Å². The summed E-state index contributed by atoms with van der Waals surface area (Å²) in [6.45, 7) is 5.26. The monoisotopic (exact) mass is 246 g/mol. The second kappa shape index (κ2) is 6.20. The Morgan fingerprint density at radius 2 is 1.81 bits per heavy atom. The lowest BCUT2D eigenvalue weighted by Crippen LogP contribution is -2.27. The molecule has 0 bridgehead atoms. The van der Waals surface area contributed by atoms with Crippen LogP contribution in [0.4, 0.5) is 0 Å². The first-order valence-electron chi connectivity index (χ1n) is 4.95. The highest BCUT2D eigenvalue weighted by molar-refractivity contribution is 7.54. The maximum Gasteiger partial charge on any atom is 0.337 e. The number of Topliss-reactive ketones (excluding diaryl/α,β-unsaturated/α-hetero) is 1. The van der Waals surface area contributed by atoms with Crippen LogP contribution in [0, 0.1) is 17.3 Å². The Balaban J connectivity index is 4.66. The van der Waals surface area contributed by atoms with Gasteiger partial charge in [0.1, 0.15) is 6.16 Å². The molecule has 0 aromatic carbocycles. The highest BCUT2D eigenvalue weighted by atomic mass is 31.2. The van der Waals surface area contributed by atoms with Crippen molar-refractivity contribution in [2.75, 3.05) is 20.4 Å². The molecule has 0 spiro atoms. The SMILES string of the molecule is CC#CCC(C)(C)C(=O)CP(=O)(OC)OC. The summed E-state index contributed by atoms with van der Waals surface area (Å²) in [5.41, 5.74) is -0.629. The molecule has 0 saturated heterocycles. The van der Waals surface area contributed by atoms with E-state index in [1.807, 2.05) is 0 Å². The molecule has 0 aliphatic heterocycles. The molecule has 0 atom stereocenters. The van der Waals surface area contributed by atoms with E-state index in [0.717, 1.165) is 0 Å². The molecular weight excluding hydrogens is 227 g/mol. The molecule has 0 aromatic rings. The lowest BCUT2D eigenvalue weighted by Gasteiger charge is -2.22. The van der Waals surface area contributed by atoms with Crippen molar-refractivity contribution in [3.63, 3.8) is 0 Å². The van der Waals surface area contributed by atoms with Crippen molar-refractivity contribution in [3.05, 3.63) is 0 Å². The van der Waals surface area contributed by atoms with Gasteiger partial charge in [-0.1, -0.05) is 13.8 Å². The van der Waals surface area contributed by atoms with E-state index in [-0.39, 0.29) is 11.9 Å². The van der Waals surface area contributed by atoms with Crippen LogP contribution in [0.25, 0.3) is 0 Å². The molecule has 0 radical (unpaired) electrons. The van der Waals surface area contributed by atoms with Crippen molar-refractivity contribution in [3.8, 4) is 11.8 Å². The van der Waals surface area contributed by atoms with Gasteiger partial charge in [-0.25, -0.2) is 0 Å². The van der Waals surface area contributed by atoms with Gasteiger partial charge in [-0.2, -0.15) is 0 Å². The zero-order valence-corrected chi connectivity index (χ0v) is 11.4. The molecule has 0 amide bonds. The first-order valence-corrected chi connectivity index (χ1v) is 6.67. The molecule has 0 saturated carbocycles. The molecule has 0 rings (SSSR count). The second-order valence-corrected chi connectivity index (χ2v) is 6.31. The molecule has 0 aliphatic carbocycles. The number of carbonyl (C=O) groups excluding carboxylic acids is 1. The average molecular weight is 246 g/mol. The van der Waals surface area contributed by atoms with E-state index in [2.05, 4.69) is 11.8 Å². The minimum atomic E-state index is -3.26. The summed E-state index contributed by atoms with van der Waals surface area (Å²) in [7, 11) is -0.715. The van der Waals surface area contributed by atoms with E-state index in [9.17, 15) is 9.36 Å². The van der Waals surface area contributed by atoms with Crippen molar-refractivity contribution < 1.29 is 18.4 Å². The van der Waals surface area contributed by atoms with Crippen LogP contribution in [0.1, 0.15) is 27.2 Å². The Bertz CT molecular complexity index is 341. The minimum Gasteiger partial charge on any atom is -0.312 e. The fourth-order valence-electron chi connectivity index (χ4n) is 1.00. The van der Waals surface area contributed by atoms with Crippen LogP contribution < -0.4 is 0 Å². The van der Waals surface area contributed by atoms with E-state index in [1.165, 1.54) is 14.2 Å². The maximum atomic E-state index is 11.9. The van der Waals surface area contributed by atoms with Gasteiger partial charge in [0.25, 0.3) is 0 Å². The summed E-state index contributed by atoms with van der Waals surface area (Å²) in [6, 6.07) is 0. The first-order chi connectivity index (χ1) is 7.31. The highest BCUT2D eigenvalue weighted by Crippen LogP contribution is 2.47. The Hall–Kier alpha value is -0.620. The molecule has 0 aliphatic rings. The normalized spacial score (nSPS) is 11.8. The minimum absolute atomic E-state index is 0.165. The lowest BCUT2D eigenvalue weighted by molar-refractivity contribution is -0.124. The molecule has 0 aromatic heterocycles. The fraction of sp³-hybridized carbons (Fsp3) is 0.727. The van der Waals surface area contributed by atoms with Crippen LogP contribution in [-0.2, 0) is 18.4 Å². The van der Waals surface area contributed by atoms with Crippen LogP contribution in [0.3, 0.4) is 0 Å². The smallest absolute Gasteiger partial charge is 0.312 e. The third-order valence-corrected chi connectivity index (χ3v) is 4.14. The standard InChI is InChI=1S/C11H19O4P/c1-6-7-8-11(2,3)10(12)9-16(13,14-4)15-5/h8-9H2,1-5H3. The summed E-state index contributed by atoms with van der Waals surface area (Å²) >= 11 is 0. The van der Waals surface area contributed by atoms with E-state index in [4.69, 9.17) is 9.05 Å². The average Bonchev–Trinajstić information content (AvgIpc) is 2.26. The fourth-order valence-corrected chi connectivity index (χ4v) is 2.19. The quantitative estimate of drug-likeness (QED) is 0.533. The summed E-state index contributed by atoms with van der Waals surface area (Å²) in [5, 5.41) is 0. The summed E-state index contributed by atoms with van der Waals surface area (Å²) < 4.78 is 21.2. The van der Waals surface area contributed by atoms with Gasteiger partial charge in [0, 0.05) is 26.1 Å². The third kappa shape index (κ3) is 4.49. The first kappa shape index (κ1) is 15.4. The number of ketones is 1. The van der Waals surface area contributed by atoms with E-state index < -0.39 is 13.0 Å². The largest absolute Gasteiger partial charge is 0.337 e. The Morgan fingerprint density at radius 3 is 2.19 bits per heavy atom. The van der Waals surface area contributed by atoms with E-state index in [0.29, 0.717) is 6.42 Å². The number of rotatable bonds is 6. The predicted molar refractivity (Wildman–Crippen MR) is 63.3 cm³/mol. The van der Waals surface area contributed by atoms with Gasteiger partial charge in [-0.15, -0.1) is 11.8 Å². The number of hydrogen-bond acceptors (Lipinski definition) is 4. The van der Waals surface area contributed by atoms with Crippen LogP contribution in [0.5, 0.6) is 0 Å². The van der Waals surface area contributed by atoms with Gasteiger partial charge in [0.2, 0.25) is 0 Å². The van der Waals surface area contributed by atoms with Crippen LogP contribution >= 0.6 is 7.60 Å². The highest BCUT2D eigenvalue weighted by Gasteiger charge is 2.34. The van der Waals surface area contributed by atoms with Gasteiger partial charge in [0.05, 0.1) is 0 Å². The Kier molecular flexibility index (Phi) is 5.96. The molecule has 16 heavy (non-hydrogen) atoms. The molecular formula is C11H19O4P. The third-order valence-electron chi connectivity index (χ3n) is 2.36. The van der Waals surface area contributed by atoms with Gasteiger partial charge < -0.3 is 9.05 Å². The van der Waals surface area contributed by atoms with Crippen LogP contribution in [0.2, 0.25) is 0 Å². The van der Waals surface area contributed by atoms with Crippen molar-refractivity contribution in [2.45, 2.75) is 27.2 Å². The van der Waals surface area contributed by atoms with Gasteiger partial charge in [-0.05, 0) is 6.92 Å². The van der Waals surface area contributed by atoms with Crippen molar-refractivity contribution in [1.82, 2.24) is 0 Å². The van der Waals surface area contributed by atoms with Crippen molar-refractivity contribution >= 4 is 13.4 Å². The summed E-state index contributed by atoms with van der Waals surface area (Å²) in [6.07, 6.45) is 0.230. The maximum absolute atomic E-state index is 11.9. The van der Waals surface area contributed by atoms with E-state index >= 15 is 0 Å². The van der Waals surface area contributed by atoms with Gasteiger partial charge in [0.15, 0.2) is 5.78 Å². The molecule has 5 heteroatoms.